The Morgan fingerprint density at radius 2 is 0.735 bits per heavy atom. The van der Waals surface area contributed by atoms with Crippen molar-refractivity contribution in [2.45, 2.75) is 70.6 Å². The number of hydrogen-bond acceptors (Lipinski definition) is 3. The number of rotatable bonds is 0. The van der Waals surface area contributed by atoms with Gasteiger partial charge in [0.25, 0.3) is 0 Å². The molecule has 0 spiro atoms. The highest BCUT2D eigenvalue weighted by atomic mass is 16.5. The van der Waals surface area contributed by atoms with Crippen LogP contribution < -0.4 is 29.4 Å². The summed E-state index contributed by atoms with van der Waals surface area (Å²) < 4.78 is 15.4. The fourth-order valence-corrected chi connectivity index (χ4v) is 5.29. The minimum atomic E-state index is 0.679. The van der Waals surface area contributed by atoms with Crippen molar-refractivity contribution >= 4 is 0 Å². The van der Waals surface area contributed by atoms with E-state index in [-0.39, 0.29) is 0 Å². The second kappa shape index (κ2) is 26.8. The van der Waals surface area contributed by atoms with E-state index in [1.165, 1.54) is 109 Å². The van der Waals surface area contributed by atoms with Crippen LogP contribution in [0.1, 0.15) is 70.6 Å². The lowest BCUT2D eigenvalue weighted by Gasteiger charge is -2.26. The minimum absolute atomic E-state index is 0.679. The lowest BCUT2D eigenvalue weighted by Crippen LogP contribution is -3.07. The van der Waals surface area contributed by atoms with Gasteiger partial charge in [-0.3, -0.25) is 0 Å². The normalized spacial score (nSPS) is 30.5. The Bertz CT molecular complexity index is 924. The molecular formula is C40H74N6O3. The van der Waals surface area contributed by atoms with Gasteiger partial charge in [-0.05, 0) is 71.6 Å². The van der Waals surface area contributed by atoms with Crippen LogP contribution in [0.2, 0.25) is 0 Å². The molecule has 0 amide bonds. The SMILES string of the molecule is C=C1CCCCC[NH+]1[CH2-].C=C1CCCC[NH+]1[CH2-].C=C1CCC[NH+]1[CH2-].C=C1CCOCC[NH+]1[CH2-].C=C1CCOC[NH+]1[CH2-].C=C1COCC[NH+]1[CH2-]. The molecule has 0 aliphatic carbocycles. The number of quaternary nitrogens is 6. The third kappa shape index (κ3) is 21.1. The van der Waals surface area contributed by atoms with Gasteiger partial charge in [0, 0.05) is 38.5 Å². The first-order valence-electron chi connectivity index (χ1n) is 18.2. The Morgan fingerprint density at radius 1 is 0.347 bits per heavy atom. The lowest BCUT2D eigenvalue weighted by atomic mass is 10.1. The van der Waals surface area contributed by atoms with Gasteiger partial charge in [0.15, 0.2) is 6.73 Å². The van der Waals surface area contributed by atoms with Crippen LogP contribution in [0.25, 0.3) is 0 Å². The molecule has 282 valence electrons. The van der Waals surface area contributed by atoms with E-state index >= 15 is 0 Å². The first kappa shape index (κ1) is 45.1. The molecule has 0 saturated carbocycles. The molecule has 6 saturated heterocycles. The van der Waals surface area contributed by atoms with Gasteiger partial charge >= 0.3 is 0 Å². The molecule has 6 rings (SSSR count). The van der Waals surface area contributed by atoms with Crippen molar-refractivity contribution in [2.24, 2.45) is 0 Å². The summed E-state index contributed by atoms with van der Waals surface area (Å²) in [6.45, 7) is 33.2. The van der Waals surface area contributed by atoms with E-state index in [1.54, 1.807) is 0 Å². The van der Waals surface area contributed by atoms with Crippen LogP contribution >= 0.6 is 0 Å². The van der Waals surface area contributed by atoms with Gasteiger partial charge in [-0.2, -0.15) is 0 Å². The van der Waals surface area contributed by atoms with Crippen molar-refractivity contribution in [2.75, 3.05) is 72.5 Å². The Balaban J connectivity index is 0.000000294. The molecule has 9 nitrogen and oxygen atoms in total. The monoisotopic (exact) mass is 687 g/mol. The highest BCUT2D eigenvalue weighted by Crippen LogP contribution is 2.05. The van der Waals surface area contributed by atoms with Crippen LogP contribution in [-0.4, -0.2) is 72.5 Å². The molecule has 49 heavy (non-hydrogen) atoms. The zero-order chi connectivity index (χ0) is 36.6. The van der Waals surface area contributed by atoms with Gasteiger partial charge in [0.1, 0.15) is 6.61 Å². The minimum Gasteiger partial charge on any atom is -0.439 e. The largest absolute Gasteiger partial charge is 0.439 e. The maximum atomic E-state index is 5.21. The van der Waals surface area contributed by atoms with Crippen LogP contribution in [0.4, 0.5) is 0 Å². The van der Waals surface area contributed by atoms with Crippen molar-refractivity contribution < 1.29 is 43.6 Å². The van der Waals surface area contributed by atoms with Crippen molar-refractivity contribution in [1.82, 2.24) is 0 Å². The zero-order valence-corrected chi connectivity index (χ0v) is 31.3. The van der Waals surface area contributed by atoms with Gasteiger partial charge in [0.2, 0.25) is 0 Å². The second-order valence-corrected chi connectivity index (χ2v) is 13.6. The number of morpholine rings is 1. The van der Waals surface area contributed by atoms with Crippen molar-refractivity contribution in [3.63, 3.8) is 0 Å². The van der Waals surface area contributed by atoms with E-state index in [0.717, 1.165) is 84.1 Å². The van der Waals surface area contributed by atoms with Gasteiger partial charge in [-0.1, -0.05) is 0 Å². The number of allylic oxidation sites excluding steroid dienone is 3. The summed E-state index contributed by atoms with van der Waals surface area (Å²) >= 11 is 0. The van der Waals surface area contributed by atoms with Gasteiger partial charge < -0.3 is 43.6 Å². The average molecular weight is 687 g/mol. The Labute approximate surface area is 302 Å². The summed E-state index contributed by atoms with van der Waals surface area (Å²) in [6, 6.07) is 0. The molecule has 6 aliphatic rings. The van der Waals surface area contributed by atoms with E-state index in [2.05, 4.69) is 81.8 Å². The molecule has 6 unspecified atom stereocenters. The maximum Gasteiger partial charge on any atom is 0.161 e. The molecule has 0 aromatic heterocycles. The maximum absolute atomic E-state index is 5.21. The number of likely N-dealkylation sites (tertiary alicyclic amines) is 3. The number of ether oxygens (including phenoxy) is 3. The molecule has 6 atom stereocenters. The first-order valence-corrected chi connectivity index (χ1v) is 18.2. The summed E-state index contributed by atoms with van der Waals surface area (Å²) in [6.07, 6.45) is 13.4. The molecule has 0 aromatic carbocycles. The number of nitrogens with one attached hydrogen (secondary N) is 6. The molecule has 0 radical (unpaired) electrons. The molecule has 6 aliphatic heterocycles. The van der Waals surface area contributed by atoms with E-state index in [1.807, 2.05) is 0 Å². The smallest absolute Gasteiger partial charge is 0.161 e. The third-order valence-corrected chi connectivity index (χ3v) is 9.37. The summed E-state index contributed by atoms with van der Waals surface area (Å²) in [5.74, 6) is 0. The van der Waals surface area contributed by atoms with Gasteiger partial charge in [-0.25, -0.2) is 0 Å². The van der Waals surface area contributed by atoms with E-state index in [0.29, 0.717) is 13.3 Å². The van der Waals surface area contributed by atoms with Crippen LogP contribution in [0, 0.1) is 42.3 Å². The summed E-state index contributed by atoms with van der Waals surface area (Å²) in [5, 5.41) is 0. The predicted octanol–water partition coefficient (Wildman–Crippen LogP) is -0.560. The second-order valence-electron chi connectivity index (χ2n) is 13.6. The highest BCUT2D eigenvalue weighted by Gasteiger charge is 2.11. The molecular weight excluding hydrogens is 612 g/mol. The van der Waals surface area contributed by atoms with Gasteiger partial charge in [-0.15, -0.1) is 42.3 Å². The zero-order valence-electron chi connectivity index (χ0n) is 31.3. The van der Waals surface area contributed by atoms with Crippen LogP contribution in [-0.2, 0) is 14.2 Å². The molecule has 0 bridgehead atoms. The molecule has 9 heteroatoms. The van der Waals surface area contributed by atoms with Crippen LogP contribution in [0.5, 0.6) is 0 Å². The topological polar surface area (TPSA) is 54.3 Å². The Morgan fingerprint density at radius 3 is 1.20 bits per heavy atom. The first-order chi connectivity index (χ1) is 23.3. The molecule has 0 aromatic rings. The fourth-order valence-electron chi connectivity index (χ4n) is 5.29. The summed E-state index contributed by atoms with van der Waals surface area (Å²) in [4.78, 5) is 7.18. The summed E-state index contributed by atoms with van der Waals surface area (Å²) in [5.41, 5.74) is 7.18. The lowest BCUT2D eigenvalue weighted by molar-refractivity contribution is -0.844. The van der Waals surface area contributed by atoms with Crippen LogP contribution in [0.15, 0.2) is 73.7 Å². The van der Waals surface area contributed by atoms with Crippen LogP contribution in [0.3, 0.4) is 0 Å². The van der Waals surface area contributed by atoms with Crippen molar-refractivity contribution in [3.05, 3.63) is 116 Å². The van der Waals surface area contributed by atoms with E-state index in [9.17, 15) is 0 Å². The summed E-state index contributed by atoms with van der Waals surface area (Å²) in [7, 11) is 23.1. The molecule has 6 heterocycles. The highest BCUT2D eigenvalue weighted by molar-refractivity contribution is 4.84. The average Bonchev–Trinajstić information content (AvgIpc) is 3.22. The molecule has 6 N–H and O–H groups in total. The van der Waals surface area contributed by atoms with Crippen molar-refractivity contribution in [3.8, 4) is 0 Å². The van der Waals surface area contributed by atoms with E-state index < -0.39 is 0 Å². The predicted molar refractivity (Wildman–Crippen MR) is 200 cm³/mol. The molecule has 6 fully saturated rings. The number of hydrogen-bond donors (Lipinski definition) is 6. The standard InChI is InChI=1S/C8H15N.C7H13NO.C7H13N.2C6H11NO.C6H11N/c1-8-6-4-3-5-7-9(8)2;1-7-3-5-9-6-4-8(7)2;1-7-5-3-4-6-8(7)2;1-6-5-8-4-3-7(6)2;1-6-3-4-8-5-7(6)2;1-6-4-3-5-7(6)2/h9H,1-7H2;8H,1-6H2;8H,1-6H2;2*7H,1-5H2;7H,1-5H2. The Hall–Kier alpha value is -1.92. The van der Waals surface area contributed by atoms with Gasteiger partial charge in [0.05, 0.1) is 93.3 Å². The van der Waals surface area contributed by atoms with E-state index in [4.69, 9.17) is 14.2 Å². The van der Waals surface area contributed by atoms with Crippen molar-refractivity contribution in [1.29, 1.82) is 0 Å². The Kier molecular flexibility index (Phi) is 24.7. The fraction of sp³-hybridized carbons (Fsp3) is 0.550. The number of piperidine rings is 1. The third-order valence-electron chi connectivity index (χ3n) is 9.37. The quantitative estimate of drug-likeness (QED) is 0.194.